The molecular formula is C17H18ClN3O2. The van der Waals surface area contributed by atoms with Gasteiger partial charge in [0.05, 0.1) is 0 Å². The minimum absolute atomic E-state index is 0.0644. The van der Waals surface area contributed by atoms with Gasteiger partial charge in [-0.2, -0.15) is 4.98 Å². The molecule has 1 aromatic heterocycles. The molecule has 0 radical (unpaired) electrons. The van der Waals surface area contributed by atoms with Crippen molar-refractivity contribution in [1.29, 1.82) is 0 Å². The van der Waals surface area contributed by atoms with Crippen molar-refractivity contribution in [3.05, 3.63) is 52.6 Å². The highest BCUT2D eigenvalue weighted by atomic mass is 35.5. The lowest BCUT2D eigenvalue weighted by Gasteiger charge is -2.32. The normalized spacial score (nSPS) is 18.5. The number of amides is 1. The summed E-state index contributed by atoms with van der Waals surface area (Å²) in [4.78, 5) is 18.7. The van der Waals surface area contributed by atoms with Crippen molar-refractivity contribution in [2.45, 2.75) is 32.2 Å². The van der Waals surface area contributed by atoms with Gasteiger partial charge < -0.3 is 9.42 Å². The van der Waals surface area contributed by atoms with E-state index in [1.807, 2.05) is 18.2 Å². The Hall–Kier alpha value is -2.14. The number of carbonyl (C=O) groups is 1. The van der Waals surface area contributed by atoms with Crippen molar-refractivity contribution >= 4 is 23.6 Å². The Morgan fingerprint density at radius 3 is 2.96 bits per heavy atom. The maximum Gasteiger partial charge on any atom is 0.249 e. The average Bonchev–Trinajstić information content (AvgIpc) is 3.00. The number of hydrogen-bond acceptors (Lipinski definition) is 4. The van der Waals surface area contributed by atoms with E-state index in [9.17, 15) is 4.79 Å². The Bertz CT molecular complexity index is 726. The van der Waals surface area contributed by atoms with E-state index in [0.717, 1.165) is 24.8 Å². The van der Waals surface area contributed by atoms with Crippen molar-refractivity contribution in [1.82, 2.24) is 15.0 Å². The highest BCUT2D eigenvalue weighted by Crippen LogP contribution is 2.30. The molecule has 1 aliphatic heterocycles. The topological polar surface area (TPSA) is 59.2 Å². The van der Waals surface area contributed by atoms with Crippen LogP contribution in [0, 0.1) is 6.92 Å². The first-order valence-corrected chi connectivity index (χ1v) is 8.06. The first kappa shape index (κ1) is 15.7. The Kier molecular flexibility index (Phi) is 4.76. The fraction of sp³-hybridized carbons (Fsp3) is 0.353. The van der Waals surface area contributed by atoms with E-state index >= 15 is 0 Å². The predicted octanol–water partition coefficient (Wildman–Crippen LogP) is 3.80. The molecule has 0 saturated carbocycles. The summed E-state index contributed by atoms with van der Waals surface area (Å²) >= 11 is 6.11. The molecule has 0 N–H and O–H groups in total. The molecule has 2 heterocycles. The number of halogens is 1. The number of aromatic nitrogens is 2. The van der Waals surface area contributed by atoms with Gasteiger partial charge in [-0.1, -0.05) is 35.0 Å². The maximum atomic E-state index is 12.6. The predicted molar refractivity (Wildman–Crippen MR) is 87.8 cm³/mol. The molecule has 1 aliphatic rings. The van der Waals surface area contributed by atoms with E-state index < -0.39 is 0 Å². The third kappa shape index (κ3) is 3.62. The van der Waals surface area contributed by atoms with Crippen LogP contribution in [0.25, 0.3) is 6.08 Å². The lowest BCUT2D eigenvalue weighted by atomic mass is 10.0. The number of aryl methyl sites for hydroxylation is 1. The van der Waals surface area contributed by atoms with E-state index in [1.165, 1.54) is 0 Å². The van der Waals surface area contributed by atoms with Gasteiger partial charge in [0.1, 0.15) is 6.04 Å². The van der Waals surface area contributed by atoms with Crippen LogP contribution in [0.2, 0.25) is 5.02 Å². The molecule has 1 saturated heterocycles. The molecule has 2 aromatic rings. The molecule has 0 unspecified atom stereocenters. The minimum atomic E-state index is -0.145. The summed E-state index contributed by atoms with van der Waals surface area (Å²) in [5.74, 6) is 1.04. The maximum absolute atomic E-state index is 12.6. The highest BCUT2D eigenvalue weighted by molar-refractivity contribution is 6.32. The van der Waals surface area contributed by atoms with Gasteiger partial charge in [-0.3, -0.25) is 4.79 Å². The van der Waals surface area contributed by atoms with Crippen LogP contribution >= 0.6 is 11.6 Å². The number of likely N-dealkylation sites (tertiary alicyclic amines) is 1. The van der Waals surface area contributed by atoms with Crippen LogP contribution in [0.5, 0.6) is 0 Å². The molecule has 5 nitrogen and oxygen atoms in total. The summed E-state index contributed by atoms with van der Waals surface area (Å²) in [6.07, 6.45) is 6.17. The van der Waals surface area contributed by atoms with E-state index in [1.54, 1.807) is 30.0 Å². The van der Waals surface area contributed by atoms with Crippen molar-refractivity contribution in [3.63, 3.8) is 0 Å². The second kappa shape index (κ2) is 6.96. The number of rotatable bonds is 3. The molecule has 0 aliphatic carbocycles. The molecule has 1 aromatic carbocycles. The smallest absolute Gasteiger partial charge is 0.249 e. The summed E-state index contributed by atoms with van der Waals surface area (Å²) < 4.78 is 5.27. The monoisotopic (exact) mass is 331 g/mol. The van der Waals surface area contributed by atoms with Gasteiger partial charge in [-0.05, 0) is 43.9 Å². The van der Waals surface area contributed by atoms with Gasteiger partial charge in [0, 0.05) is 17.6 Å². The number of carbonyl (C=O) groups excluding carboxylic acids is 1. The number of benzene rings is 1. The lowest BCUT2D eigenvalue weighted by molar-refractivity contribution is -0.130. The third-order valence-electron chi connectivity index (χ3n) is 3.92. The lowest BCUT2D eigenvalue weighted by Crippen LogP contribution is -2.37. The summed E-state index contributed by atoms with van der Waals surface area (Å²) in [6.45, 7) is 2.47. The third-order valence-corrected chi connectivity index (χ3v) is 4.27. The first-order chi connectivity index (χ1) is 11.1. The van der Waals surface area contributed by atoms with Crippen LogP contribution in [0.3, 0.4) is 0 Å². The molecule has 1 amide bonds. The van der Waals surface area contributed by atoms with Crippen LogP contribution in [0.1, 0.15) is 42.6 Å². The van der Waals surface area contributed by atoms with Gasteiger partial charge in [-0.25, -0.2) is 0 Å². The second-order valence-electron chi connectivity index (χ2n) is 5.58. The fourth-order valence-electron chi connectivity index (χ4n) is 2.77. The summed E-state index contributed by atoms with van der Waals surface area (Å²) in [5, 5.41) is 4.46. The Morgan fingerprint density at radius 1 is 1.39 bits per heavy atom. The van der Waals surface area contributed by atoms with E-state index in [0.29, 0.717) is 23.3 Å². The quantitative estimate of drug-likeness (QED) is 0.803. The van der Waals surface area contributed by atoms with Crippen molar-refractivity contribution in [3.8, 4) is 0 Å². The average molecular weight is 332 g/mol. The molecule has 6 heteroatoms. The summed E-state index contributed by atoms with van der Waals surface area (Å²) in [6, 6.07) is 7.28. The van der Waals surface area contributed by atoms with Crippen LogP contribution in [-0.2, 0) is 4.79 Å². The first-order valence-electron chi connectivity index (χ1n) is 7.68. The van der Waals surface area contributed by atoms with Gasteiger partial charge in [0.2, 0.25) is 11.8 Å². The largest absolute Gasteiger partial charge is 0.337 e. The van der Waals surface area contributed by atoms with Crippen molar-refractivity contribution in [2.24, 2.45) is 0 Å². The van der Waals surface area contributed by atoms with E-state index in [2.05, 4.69) is 10.1 Å². The molecule has 23 heavy (non-hydrogen) atoms. The Balaban J connectivity index is 1.78. The molecule has 0 bridgehead atoms. The molecular weight excluding hydrogens is 314 g/mol. The van der Waals surface area contributed by atoms with Crippen LogP contribution < -0.4 is 0 Å². The SMILES string of the molecule is Cc1noc([C@@H]2CCCCN2C(=O)/C=C/c2ccccc2Cl)n1. The minimum Gasteiger partial charge on any atom is -0.337 e. The summed E-state index contributed by atoms with van der Waals surface area (Å²) in [5.41, 5.74) is 0.824. The summed E-state index contributed by atoms with van der Waals surface area (Å²) in [7, 11) is 0. The van der Waals surface area contributed by atoms with Crippen LogP contribution in [0.4, 0.5) is 0 Å². The van der Waals surface area contributed by atoms with Gasteiger partial charge in [-0.15, -0.1) is 0 Å². The standard InChI is InChI=1S/C17H18ClN3O2/c1-12-19-17(23-20-12)15-8-4-5-11-21(15)16(22)10-9-13-6-2-3-7-14(13)18/h2-3,6-7,9-10,15H,4-5,8,11H2,1H3/b10-9+/t15-/m0/s1. The van der Waals surface area contributed by atoms with Crippen LogP contribution in [-0.4, -0.2) is 27.5 Å². The van der Waals surface area contributed by atoms with Gasteiger partial charge in [0.25, 0.3) is 0 Å². The zero-order chi connectivity index (χ0) is 16.2. The van der Waals surface area contributed by atoms with E-state index in [4.69, 9.17) is 16.1 Å². The zero-order valence-electron chi connectivity index (χ0n) is 12.9. The fourth-order valence-corrected chi connectivity index (χ4v) is 2.97. The van der Waals surface area contributed by atoms with Gasteiger partial charge in [0.15, 0.2) is 5.82 Å². The molecule has 0 spiro atoms. The van der Waals surface area contributed by atoms with Crippen molar-refractivity contribution < 1.29 is 9.32 Å². The number of piperidine rings is 1. The second-order valence-corrected chi connectivity index (χ2v) is 5.99. The van der Waals surface area contributed by atoms with Crippen molar-refractivity contribution in [2.75, 3.05) is 6.54 Å². The zero-order valence-corrected chi connectivity index (χ0v) is 13.7. The van der Waals surface area contributed by atoms with Gasteiger partial charge >= 0.3 is 0 Å². The van der Waals surface area contributed by atoms with E-state index in [-0.39, 0.29) is 11.9 Å². The molecule has 1 fully saturated rings. The molecule has 120 valence electrons. The Morgan fingerprint density at radius 2 is 2.22 bits per heavy atom. The Labute approximate surface area is 139 Å². The highest BCUT2D eigenvalue weighted by Gasteiger charge is 2.30. The van der Waals surface area contributed by atoms with Crippen LogP contribution in [0.15, 0.2) is 34.9 Å². The number of nitrogens with zero attached hydrogens (tertiary/aromatic N) is 3. The number of hydrogen-bond donors (Lipinski definition) is 0. The molecule has 3 rings (SSSR count). The molecule has 1 atom stereocenters.